The minimum Gasteiger partial charge on any atom is -0.495 e. The lowest BCUT2D eigenvalue weighted by Crippen LogP contribution is -2.41. The summed E-state index contributed by atoms with van der Waals surface area (Å²) in [5, 5.41) is 12.5. The topological polar surface area (TPSA) is 117 Å². The summed E-state index contributed by atoms with van der Waals surface area (Å²) in [5.74, 6) is 0.287. The third kappa shape index (κ3) is 3.43. The summed E-state index contributed by atoms with van der Waals surface area (Å²) in [6.45, 7) is 0. The predicted octanol–water partition coefficient (Wildman–Crippen LogP) is 0.415. The molecule has 1 amide bonds. The van der Waals surface area contributed by atoms with Crippen LogP contribution in [0, 0.1) is 5.92 Å². The van der Waals surface area contributed by atoms with Gasteiger partial charge in [-0.2, -0.15) is 0 Å². The second-order valence-corrected chi connectivity index (χ2v) is 5.79. The molecular weight excluding hydrogens is 312 g/mol. The highest BCUT2D eigenvalue weighted by molar-refractivity contribution is 5.92. The van der Waals surface area contributed by atoms with Gasteiger partial charge in [-0.3, -0.25) is 14.6 Å². The molecule has 1 fully saturated rings. The number of hydrogen-bond donors (Lipinski definition) is 3. The number of ether oxygens (including phenoxy) is 1. The average molecular weight is 330 g/mol. The fourth-order valence-corrected chi connectivity index (χ4v) is 2.77. The number of nitrogens with one attached hydrogen (secondary N) is 2. The van der Waals surface area contributed by atoms with Gasteiger partial charge in [0, 0.05) is 12.4 Å². The van der Waals surface area contributed by atoms with Crippen LogP contribution in [0.5, 0.6) is 5.75 Å². The van der Waals surface area contributed by atoms with Gasteiger partial charge in [0.2, 0.25) is 0 Å². The second kappa shape index (κ2) is 6.79. The normalized spacial score (nSPS) is 20.8. The Kier molecular flexibility index (Phi) is 4.57. The first-order valence-electron chi connectivity index (χ1n) is 7.59. The van der Waals surface area contributed by atoms with Crippen molar-refractivity contribution >= 4 is 5.91 Å². The van der Waals surface area contributed by atoms with Crippen molar-refractivity contribution in [3.8, 4) is 5.75 Å². The van der Waals surface area contributed by atoms with Crippen molar-refractivity contribution in [2.75, 3.05) is 7.11 Å². The average Bonchev–Trinajstić information content (AvgIpc) is 2.57. The number of aromatic amines is 1. The Morgan fingerprint density at radius 2 is 2.21 bits per heavy atom. The fraction of sp³-hybridized carbons (Fsp3) is 0.375. The fourth-order valence-electron chi connectivity index (χ4n) is 2.77. The molecule has 24 heavy (non-hydrogen) atoms. The molecule has 8 nitrogen and oxygen atoms in total. The first-order valence-corrected chi connectivity index (χ1v) is 7.59. The monoisotopic (exact) mass is 330 g/mol. The van der Waals surface area contributed by atoms with Crippen LogP contribution in [0.4, 0.5) is 0 Å². The number of aromatic nitrogens is 3. The van der Waals surface area contributed by atoms with Crippen LogP contribution in [0.2, 0.25) is 0 Å². The van der Waals surface area contributed by atoms with E-state index in [1.165, 1.54) is 6.20 Å². The van der Waals surface area contributed by atoms with Crippen molar-refractivity contribution in [2.24, 2.45) is 5.92 Å². The highest BCUT2D eigenvalue weighted by Crippen LogP contribution is 2.38. The molecule has 0 bridgehead atoms. The number of carbonyl (C=O) groups is 1. The lowest BCUT2D eigenvalue weighted by Gasteiger charge is -2.38. The maximum absolute atomic E-state index is 12.4. The van der Waals surface area contributed by atoms with E-state index < -0.39 is 5.91 Å². The summed E-state index contributed by atoms with van der Waals surface area (Å²) in [6.07, 6.45) is 6.43. The third-order valence-electron chi connectivity index (χ3n) is 4.14. The zero-order valence-corrected chi connectivity index (χ0v) is 13.1. The van der Waals surface area contributed by atoms with Crippen LogP contribution >= 0.6 is 0 Å². The van der Waals surface area contributed by atoms with Gasteiger partial charge in [0.1, 0.15) is 11.4 Å². The number of nitrogens with zero attached hydrogens (tertiary/aromatic N) is 2. The minimum atomic E-state index is -0.402. The zero-order valence-electron chi connectivity index (χ0n) is 13.1. The Hall–Kier alpha value is -2.74. The summed E-state index contributed by atoms with van der Waals surface area (Å²) in [5.41, 5.74) is 0.543. The maximum atomic E-state index is 12.4. The van der Waals surface area contributed by atoms with E-state index in [-0.39, 0.29) is 29.3 Å². The van der Waals surface area contributed by atoms with Gasteiger partial charge in [-0.05, 0) is 30.4 Å². The molecule has 0 spiro atoms. The zero-order chi connectivity index (χ0) is 17.1. The van der Waals surface area contributed by atoms with Gasteiger partial charge in [0.15, 0.2) is 0 Å². The summed E-state index contributed by atoms with van der Waals surface area (Å²) >= 11 is 0. The minimum absolute atomic E-state index is 0.0978. The Labute approximate surface area is 137 Å². The Bertz CT molecular complexity index is 765. The van der Waals surface area contributed by atoms with E-state index >= 15 is 0 Å². The molecule has 2 aromatic heterocycles. The number of H-pyrrole nitrogens is 1. The molecule has 2 aromatic rings. The second-order valence-electron chi connectivity index (χ2n) is 5.79. The van der Waals surface area contributed by atoms with E-state index in [2.05, 4.69) is 20.3 Å². The summed E-state index contributed by atoms with van der Waals surface area (Å²) < 4.78 is 5.18. The molecule has 0 aliphatic heterocycles. The molecule has 1 aliphatic rings. The molecule has 0 saturated heterocycles. The number of amides is 1. The first-order chi connectivity index (χ1) is 11.6. The lowest BCUT2D eigenvalue weighted by atomic mass is 9.75. The van der Waals surface area contributed by atoms with Gasteiger partial charge >= 0.3 is 0 Å². The van der Waals surface area contributed by atoms with Crippen molar-refractivity contribution in [3.05, 3.63) is 52.5 Å². The van der Waals surface area contributed by atoms with E-state index in [0.717, 1.165) is 11.8 Å². The van der Waals surface area contributed by atoms with Gasteiger partial charge < -0.3 is 20.1 Å². The van der Waals surface area contributed by atoms with E-state index in [1.54, 1.807) is 19.5 Å². The van der Waals surface area contributed by atoms with Gasteiger partial charge in [0.05, 0.1) is 31.6 Å². The van der Waals surface area contributed by atoms with Crippen molar-refractivity contribution in [2.45, 2.75) is 25.0 Å². The van der Waals surface area contributed by atoms with Crippen molar-refractivity contribution in [1.82, 2.24) is 20.3 Å². The summed E-state index contributed by atoms with van der Waals surface area (Å²) in [4.78, 5) is 33.9. The van der Waals surface area contributed by atoms with Crippen LogP contribution in [0.3, 0.4) is 0 Å². The molecule has 0 unspecified atom stereocenters. The van der Waals surface area contributed by atoms with Gasteiger partial charge in [-0.25, -0.2) is 4.98 Å². The molecule has 1 saturated carbocycles. The number of hydrogen-bond acceptors (Lipinski definition) is 6. The number of aliphatic hydroxyl groups excluding tert-OH is 1. The molecule has 0 radical (unpaired) electrons. The van der Waals surface area contributed by atoms with E-state index in [9.17, 15) is 14.7 Å². The molecule has 0 aromatic carbocycles. The number of methoxy groups -OCH3 is 1. The quantitative estimate of drug-likeness (QED) is 0.731. The largest absolute Gasteiger partial charge is 0.495 e. The number of aliphatic hydroxyl groups is 1. The number of rotatable bonds is 5. The van der Waals surface area contributed by atoms with Crippen molar-refractivity contribution in [1.29, 1.82) is 0 Å². The van der Waals surface area contributed by atoms with Crippen LogP contribution in [-0.2, 0) is 0 Å². The first kappa shape index (κ1) is 16.1. The molecular formula is C16H18N4O4. The number of carbonyl (C=O) groups excluding carboxylic acids is 1. The summed E-state index contributed by atoms with van der Waals surface area (Å²) in [6, 6.07) is 1.49. The smallest absolute Gasteiger partial charge is 0.271 e. The van der Waals surface area contributed by atoms with Crippen LogP contribution in [-0.4, -0.2) is 39.2 Å². The molecule has 3 rings (SSSR count). The number of pyridine rings is 1. The van der Waals surface area contributed by atoms with Gasteiger partial charge in [-0.15, -0.1) is 0 Å². The van der Waals surface area contributed by atoms with Crippen LogP contribution < -0.4 is 15.6 Å². The molecule has 2 heterocycles. The Balaban J connectivity index is 1.83. The highest BCUT2D eigenvalue weighted by Gasteiger charge is 2.36. The van der Waals surface area contributed by atoms with Crippen LogP contribution in [0.1, 0.15) is 34.9 Å². The van der Waals surface area contributed by atoms with Crippen LogP contribution in [0.15, 0.2) is 35.6 Å². The summed E-state index contributed by atoms with van der Waals surface area (Å²) in [7, 11) is 1.55. The molecule has 1 atom stereocenters. The molecule has 3 N–H and O–H groups in total. The van der Waals surface area contributed by atoms with E-state index in [4.69, 9.17) is 4.74 Å². The van der Waals surface area contributed by atoms with Crippen LogP contribution in [0.25, 0.3) is 0 Å². The SMILES string of the molecule is COc1cncc([C@@H](NC(=O)c2c[nH]c(=O)cn2)C2CC(O)C2)c1. The Morgan fingerprint density at radius 3 is 2.83 bits per heavy atom. The van der Waals surface area contributed by atoms with Crippen molar-refractivity contribution in [3.63, 3.8) is 0 Å². The standard InChI is InChI=1S/C16H18N4O4/c1-24-12-4-10(5-17-6-12)15(9-2-11(21)3-9)20-16(23)13-7-19-14(22)8-18-13/h4-9,11,15,21H,2-3H2,1H3,(H,19,22)(H,20,23)/t9?,11?,15-/m0/s1. The molecule has 126 valence electrons. The van der Waals surface area contributed by atoms with E-state index in [1.807, 2.05) is 6.07 Å². The molecule has 1 aliphatic carbocycles. The van der Waals surface area contributed by atoms with E-state index in [0.29, 0.717) is 18.6 Å². The predicted molar refractivity (Wildman–Crippen MR) is 84.6 cm³/mol. The Morgan fingerprint density at radius 1 is 1.42 bits per heavy atom. The highest BCUT2D eigenvalue weighted by atomic mass is 16.5. The lowest BCUT2D eigenvalue weighted by molar-refractivity contribution is 0.0234. The van der Waals surface area contributed by atoms with Gasteiger partial charge in [0.25, 0.3) is 11.5 Å². The van der Waals surface area contributed by atoms with Crippen molar-refractivity contribution < 1.29 is 14.6 Å². The third-order valence-corrected chi connectivity index (χ3v) is 4.14. The maximum Gasteiger partial charge on any atom is 0.271 e. The molecule has 8 heteroatoms. The van der Waals surface area contributed by atoms with Gasteiger partial charge in [-0.1, -0.05) is 0 Å².